The van der Waals surface area contributed by atoms with E-state index in [1.165, 1.54) is 0 Å². The van der Waals surface area contributed by atoms with Crippen molar-refractivity contribution in [1.82, 2.24) is 0 Å². The number of ether oxygens (including phenoxy) is 2. The molecule has 2 rings (SSSR count). The molecule has 21 heavy (non-hydrogen) atoms. The van der Waals surface area contributed by atoms with E-state index >= 15 is 0 Å². The van der Waals surface area contributed by atoms with Crippen LogP contribution in [-0.4, -0.2) is 12.2 Å². The first-order valence-electron chi connectivity index (χ1n) is 6.87. The SMILES string of the molecule is CC[C@@H](O)c1ccc(OCc2ccc(OC)c(Br)c2)cc1. The summed E-state index contributed by atoms with van der Waals surface area (Å²) in [7, 11) is 1.64. The average Bonchev–Trinajstić information content (AvgIpc) is 2.52. The van der Waals surface area contributed by atoms with E-state index in [4.69, 9.17) is 9.47 Å². The molecule has 2 aromatic rings. The van der Waals surface area contributed by atoms with E-state index in [9.17, 15) is 5.11 Å². The Bertz CT molecular complexity index is 581. The van der Waals surface area contributed by atoms with Gasteiger partial charge in [-0.2, -0.15) is 0 Å². The Morgan fingerprint density at radius 1 is 1.14 bits per heavy atom. The third-order valence-corrected chi connectivity index (χ3v) is 3.89. The minimum Gasteiger partial charge on any atom is -0.496 e. The highest BCUT2D eigenvalue weighted by molar-refractivity contribution is 9.10. The zero-order valence-electron chi connectivity index (χ0n) is 12.2. The molecule has 0 spiro atoms. The summed E-state index contributed by atoms with van der Waals surface area (Å²) in [6, 6.07) is 13.4. The topological polar surface area (TPSA) is 38.7 Å². The highest BCUT2D eigenvalue weighted by atomic mass is 79.9. The highest BCUT2D eigenvalue weighted by Crippen LogP contribution is 2.26. The Hall–Kier alpha value is -1.52. The van der Waals surface area contributed by atoms with E-state index in [0.717, 1.165) is 27.1 Å². The van der Waals surface area contributed by atoms with Crippen molar-refractivity contribution in [1.29, 1.82) is 0 Å². The first-order valence-corrected chi connectivity index (χ1v) is 7.66. The van der Waals surface area contributed by atoms with Crippen LogP contribution in [0.5, 0.6) is 11.5 Å². The van der Waals surface area contributed by atoms with Crippen LogP contribution < -0.4 is 9.47 Å². The summed E-state index contributed by atoms with van der Waals surface area (Å²) in [6.45, 7) is 2.44. The number of aliphatic hydroxyl groups is 1. The predicted molar refractivity (Wildman–Crippen MR) is 86.7 cm³/mol. The molecule has 0 fully saturated rings. The molecule has 3 nitrogen and oxygen atoms in total. The summed E-state index contributed by atoms with van der Waals surface area (Å²) in [5, 5.41) is 9.75. The van der Waals surface area contributed by atoms with Gasteiger partial charge >= 0.3 is 0 Å². The number of methoxy groups -OCH3 is 1. The third kappa shape index (κ3) is 4.22. The highest BCUT2D eigenvalue weighted by Gasteiger charge is 2.05. The minimum absolute atomic E-state index is 0.406. The van der Waals surface area contributed by atoms with Crippen LogP contribution in [0.4, 0.5) is 0 Å². The van der Waals surface area contributed by atoms with Crippen molar-refractivity contribution < 1.29 is 14.6 Å². The van der Waals surface area contributed by atoms with Gasteiger partial charge in [0.15, 0.2) is 0 Å². The van der Waals surface area contributed by atoms with Gasteiger partial charge in [-0.1, -0.05) is 25.1 Å². The maximum Gasteiger partial charge on any atom is 0.133 e. The fraction of sp³-hybridized carbons (Fsp3) is 0.294. The fourth-order valence-corrected chi connectivity index (χ4v) is 2.58. The largest absolute Gasteiger partial charge is 0.496 e. The lowest BCUT2D eigenvalue weighted by Crippen LogP contribution is -1.98. The van der Waals surface area contributed by atoms with Gasteiger partial charge in [-0.05, 0) is 57.7 Å². The van der Waals surface area contributed by atoms with Crippen molar-refractivity contribution in [2.45, 2.75) is 26.1 Å². The molecule has 1 atom stereocenters. The number of halogens is 1. The second-order valence-electron chi connectivity index (χ2n) is 4.75. The van der Waals surface area contributed by atoms with Gasteiger partial charge in [0.25, 0.3) is 0 Å². The van der Waals surface area contributed by atoms with Gasteiger partial charge in [-0.25, -0.2) is 0 Å². The lowest BCUT2D eigenvalue weighted by atomic mass is 10.1. The molecule has 0 bridgehead atoms. The van der Waals surface area contributed by atoms with Crippen molar-refractivity contribution in [3.05, 3.63) is 58.1 Å². The van der Waals surface area contributed by atoms with Crippen molar-refractivity contribution in [3.63, 3.8) is 0 Å². The molecule has 0 aliphatic heterocycles. The number of benzene rings is 2. The molecule has 0 aliphatic carbocycles. The molecule has 0 aliphatic rings. The van der Waals surface area contributed by atoms with Crippen LogP contribution in [0.25, 0.3) is 0 Å². The molecule has 4 heteroatoms. The van der Waals surface area contributed by atoms with E-state index in [0.29, 0.717) is 13.0 Å². The zero-order chi connectivity index (χ0) is 15.2. The fourth-order valence-electron chi connectivity index (χ4n) is 1.99. The minimum atomic E-state index is -0.406. The Morgan fingerprint density at radius 2 is 1.86 bits per heavy atom. The van der Waals surface area contributed by atoms with Crippen LogP contribution in [0.3, 0.4) is 0 Å². The zero-order valence-corrected chi connectivity index (χ0v) is 13.8. The molecule has 1 N–H and O–H groups in total. The number of aliphatic hydroxyl groups excluding tert-OH is 1. The molecular formula is C17H19BrO3. The quantitative estimate of drug-likeness (QED) is 0.834. The summed E-state index contributed by atoms with van der Waals surface area (Å²) >= 11 is 3.46. The van der Waals surface area contributed by atoms with Crippen molar-refractivity contribution in [3.8, 4) is 11.5 Å². The van der Waals surface area contributed by atoms with Crippen LogP contribution in [0.1, 0.15) is 30.6 Å². The van der Waals surface area contributed by atoms with E-state index in [1.807, 2.05) is 49.4 Å². The predicted octanol–water partition coefficient (Wildman–Crippen LogP) is 4.48. The molecule has 0 unspecified atom stereocenters. The molecule has 0 aromatic heterocycles. The molecule has 0 amide bonds. The van der Waals surface area contributed by atoms with Crippen LogP contribution in [0, 0.1) is 0 Å². The van der Waals surface area contributed by atoms with E-state index < -0.39 is 6.10 Å². The van der Waals surface area contributed by atoms with Crippen LogP contribution >= 0.6 is 15.9 Å². The Labute approximate surface area is 133 Å². The summed E-state index contributed by atoms with van der Waals surface area (Å²) in [5.74, 6) is 1.59. The average molecular weight is 351 g/mol. The molecule has 0 saturated carbocycles. The van der Waals surface area contributed by atoms with Crippen LogP contribution in [0.2, 0.25) is 0 Å². The summed E-state index contributed by atoms with van der Waals surface area (Å²) in [5.41, 5.74) is 1.97. The standard InChI is InChI=1S/C17H19BrO3/c1-3-16(19)13-5-7-14(8-6-13)21-11-12-4-9-17(20-2)15(18)10-12/h4-10,16,19H,3,11H2,1-2H3/t16-/m1/s1. The lowest BCUT2D eigenvalue weighted by Gasteiger charge is -2.11. The number of hydrogen-bond donors (Lipinski definition) is 1. The molecule has 112 valence electrons. The van der Waals surface area contributed by atoms with Gasteiger partial charge in [-0.15, -0.1) is 0 Å². The third-order valence-electron chi connectivity index (χ3n) is 3.27. The second kappa shape index (κ2) is 7.48. The lowest BCUT2D eigenvalue weighted by molar-refractivity contribution is 0.173. The van der Waals surface area contributed by atoms with Crippen LogP contribution in [-0.2, 0) is 6.61 Å². The van der Waals surface area contributed by atoms with Gasteiger partial charge < -0.3 is 14.6 Å². The van der Waals surface area contributed by atoms with Crippen LogP contribution in [0.15, 0.2) is 46.9 Å². The van der Waals surface area contributed by atoms with Gasteiger partial charge in [0, 0.05) is 0 Å². The first-order chi connectivity index (χ1) is 10.1. The van der Waals surface area contributed by atoms with E-state index in [2.05, 4.69) is 15.9 Å². The maximum atomic E-state index is 9.75. The first kappa shape index (κ1) is 15.9. The molecule has 0 heterocycles. The summed E-state index contributed by atoms with van der Waals surface area (Å²) in [4.78, 5) is 0. The smallest absolute Gasteiger partial charge is 0.133 e. The second-order valence-corrected chi connectivity index (χ2v) is 5.60. The Kier molecular flexibility index (Phi) is 5.65. The number of hydrogen-bond acceptors (Lipinski definition) is 3. The van der Waals surface area contributed by atoms with E-state index in [1.54, 1.807) is 7.11 Å². The maximum absolute atomic E-state index is 9.75. The number of rotatable bonds is 6. The van der Waals surface area contributed by atoms with Crippen molar-refractivity contribution >= 4 is 15.9 Å². The van der Waals surface area contributed by atoms with E-state index in [-0.39, 0.29) is 0 Å². The summed E-state index contributed by atoms with van der Waals surface area (Å²) < 4.78 is 11.9. The molecule has 0 saturated heterocycles. The Balaban J connectivity index is 1.98. The molecular weight excluding hydrogens is 332 g/mol. The van der Waals surface area contributed by atoms with Gasteiger partial charge in [0.1, 0.15) is 18.1 Å². The molecule has 2 aromatic carbocycles. The normalized spacial score (nSPS) is 12.0. The van der Waals surface area contributed by atoms with Crippen molar-refractivity contribution in [2.24, 2.45) is 0 Å². The van der Waals surface area contributed by atoms with Gasteiger partial charge in [0.05, 0.1) is 17.7 Å². The van der Waals surface area contributed by atoms with Gasteiger partial charge in [-0.3, -0.25) is 0 Å². The summed E-state index contributed by atoms with van der Waals surface area (Å²) in [6.07, 6.45) is 0.302. The molecule has 0 radical (unpaired) electrons. The van der Waals surface area contributed by atoms with Crippen molar-refractivity contribution in [2.75, 3.05) is 7.11 Å². The monoisotopic (exact) mass is 350 g/mol. The van der Waals surface area contributed by atoms with Gasteiger partial charge in [0.2, 0.25) is 0 Å². The Morgan fingerprint density at radius 3 is 2.43 bits per heavy atom.